The number of hydrogen-bond donors (Lipinski definition) is 3. The molecule has 2 heterocycles. The van der Waals surface area contributed by atoms with Gasteiger partial charge in [0.15, 0.2) is 0 Å². The summed E-state index contributed by atoms with van der Waals surface area (Å²) in [5, 5.41) is 12.2. The second-order valence-corrected chi connectivity index (χ2v) is 5.78. The van der Waals surface area contributed by atoms with Crippen LogP contribution in [0.1, 0.15) is 24.2 Å². The van der Waals surface area contributed by atoms with Crippen LogP contribution in [0, 0.1) is 19.7 Å². The summed E-state index contributed by atoms with van der Waals surface area (Å²) in [6.07, 6.45) is 2.22. The van der Waals surface area contributed by atoms with Crippen molar-refractivity contribution < 1.29 is 9.18 Å². The van der Waals surface area contributed by atoms with Crippen LogP contribution in [0.5, 0.6) is 0 Å². The van der Waals surface area contributed by atoms with Crippen LogP contribution in [0.2, 0.25) is 0 Å². The van der Waals surface area contributed by atoms with Gasteiger partial charge >= 0.3 is 6.03 Å². The maximum absolute atomic E-state index is 13.8. The van der Waals surface area contributed by atoms with Gasteiger partial charge in [0.25, 0.3) is 0 Å². The Kier molecular flexibility index (Phi) is 4.18. The van der Waals surface area contributed by atoms with Crippen molar-refractivity contribution >= 4 is 23.1 Å². The van der Waals surface area contributed by atoms with Crippen LogP contribution in [0.3, 0.4) is 0 Å². The molecule has 0 spiro atoms. The lowest BCUT2D eigenvalue weighted by Crippen LogP contribution is -2.21. The molecule has 0 radical (unpaired) electrons. The molecule has 2 amide bonds. The van der Waals surface area contributed by atoms with E-state index in [2.05, 4.69) is 25.7 Å². The number of anilines is 3. The predicted molar refractivity (Wildman–Crippen MR) is 88.6 cm³/mol. The van der Waals surface area contributed by atoms with Gasteiger partial charge in [-0.3, -0.25) is 5.10 Å². The first-order valence-corrected chi connectivity index (χ1v) is 7.68. The number of benzene rings is 1. The quantitative estimate of drug-likeness (QED) is 0.812. The summed E-state index contributed by atoms with van der Waals surface area (Å²) >= 11 is 0. The zero-order chi connectivity index (χ0) is 16.4. The van der Waals surface area contributed by atoms with Crippen LogP contribution < -0.4 is 15.5 Å². The number of carbonyl (C=O) groups excluding carboxylic acids is 1. The highest BCUT2D eigenvalue weighted by Gasteiger charge is 2.15. The number of aryl methyl sites for hydroxylation is 2. The molecule has 0 aliphatic carbocycles. The lowest BCUT2D eigenvalue weighted by atomic mass is 10.2. The van der Waals surface area contributed by atoms with Crippen LogP contribution >= 0.6 is 0 Å². The molecule has 0 bridgehead atoms. The summed E-state index contributed by atoms with van der Waals surface area (Å²) < 4.78 is 13.8. The molecule has 7 heteroatoms. The Balaban J connectivity index is 1.73. The van der Waals surface area contributed by atoms with Gasteiger partial charge < -0.3 is 15.5 Å². The van der Waals surface area contributed by atoms with E-state index in [9.17, 15) is 9.18 Å². The molecular formula is C16H20FN5O. The van der Waals surface area contributed by atoms with E-state index in [-0.39, 0.29) is 5.82 Å². The fourth-order valence-electron chi connectivity index (χ4n) is 2.82. The normalized spacial score (nSPS) is 14.1. The molecule has 122 valence electrons. The molecule has 0 atom stereocenters. The second-order valence-electron chi connectivity index (χ2n) is 5.78. The van der Waals surface area contributed by atoms with Crippen molar-refractivity contribution in [3.05, 3.63) is 35.4 Å². The maximum Gasteiger partial charge on any atom is 0.323 e. The van der Waals surface area contributed by atoms with E-state index in [1.165, 1.54) is 12.1 Å². The van der Waals surface area contributed by atoms with Gasteiger partial charge in [-0.05, 0) is 44.9 Å². The molecule has 1 aliphatic heterocycles. The Labute approximate surface area is 134 Å². The Hall–Kier alpha value is -2.57. The molecule has 3 rings (SSSR count). The number of amides is 2. The van der Waals surface area contributed by atoms with Crippen molar-refractivity contribution in [2.45, 2.75) is 26.7 Å². The Morgan fingerprint density at radius 2 is 1.96 bits per heavy atom. The number of aromatic amines is 1. The van der Waals surface area contributed by atoms with Crippen LogP contribution in [0.25, 0.3) is 0 Å². The highest BCUT2D eigenvalue weighted by atomic mass is 19.1. The van der Waals surface area contributed by atoms with Crippen LogP contribution in [-0.2, 0) is 0 Å². The van der Waals surface area contributed by atoms with E-state index in [4.69, 9.17) is 0 Å². The third-order valence-corrected chi connectivity index (χ3v) is 3.98. The summed E-state index contributed by atoms with van der Waals surface area (Å²) in [6, 6.07) is 4.19. The Bertz CT molecular complexity index is 702. The standard InChI is InChI=1S/C16H20FN5O/c1-10-15(11(2)21-20-10)19-16(23)18-13-7-12(17)8-14(9-13)22-5-3-4-6-22/h7-9H,3-6H2,1-2H3,(H,20,21)(H2,18,19,23). The fourth-order valence-corrected chi connectivity index (χ4v) is 2.82. The second kappa shape index (κ2) is 6.28. The molecule has 6 nitrogen and oxygen atoms in total. The highest BCUT2D eigenvalue weighted by Crippen LogP contribution is 2.25. The van der Waals surface area contributed by atoms with Gasteiger partial charge in [-0.25, -0.2) is 9.18 Å². The summed E-state index contributed by atoms with van der Waals surface area (Å²) in [6.45, 7) is 5.46. The number of nitrogens with zero attached hydrogens (tertiary/aromatic N) is 2. The third-order valence-electron chi connectivity index (χ3n) is 3.98. The summed E-state index contributed by atoms with van der Waals surface area (Å²) in [4.78, 5) is 14.2. The number of rotatable bonds is 3. The van der Waals surface area contributed by atoms with Crippen molar-refractivity contribution in [2.24, 2.45) is 0 Å². The first-order valence-electron chi connectivity index (χ1n) is 7.68. The number of carbonyl (C=O) groups is 1. The van der Waals surface area contributed by atoms with Gasteiger partial charge in [0.2, 0.25) is 0 Å². The Morgan fingerprint density at radius 3 is 2.61 bits per heavy atom. The van der Waals surface area contributed by atoms with E-state index < -0.39 is 6.03 Å². The van der Waals surface area contributed by atoms with Crippen molar-refractivity contribution in [2.75, 3.05) is 28.6 Å². The maximum atomic E-state index is 13.8. The minimum absolute atomic E-state index is 0.361. The minimum Gasteiger partial charge on any atom is -0.371 e. The van der Waals surface area contributed by atoms with E-state index in [0.717, 1.165) is 37.3 Å². The smallest absolute Gasteiger partial charge is 0.323 e. The van der Waals surface area contributed by atoms with Crippen molar-refractivity contribution in [1.29, 1.82) is 0 Å². The van der Waals surface area contributed by atoms with Crippen molar-refractivity contribution in [3.8, 4) is 0 Å². The average Bonchev–Trinajstić information content (AvgIpc) is 3.12. The minimum atomic E-state index is -0.421. The average molecular weight is 317 g/mol. The predicted octanol–water partition coefficient (Wildman–Crippen LogP) is 3.41. The summed E-state index contributed by atoms with van der Waals surface area (Å²) in [7, 11) is 0. The van der Waals surface area contributed by atoms with Crippen molar-refractivity contribution in [1.82, 2.24) is 10.2 Å². The number of aromatic nitrogens is 2. The molecule has 3 N–H and O–H groups in total. The Morgan fingerprint density at radius 1 is 1.22 bits per heavy atom. The van der Waals surface area contributed by atoms with Gasteiger partial charge in [-0.2, -0.15) is 5.10 Å². The van der Waals surface area contributed by atoms with Gasteiger partial charge in [0.1, 0.15) is 5.82 Å². The van der Waals surface area contributed by atoms with E-state index in [0.29, 0.717) is 17.1 Å². The molecule has 0 saturated carbocycles. The molecule has 0 unspecified atom stereocenters. The fraction of sp³-hybridized carbons (Fsp3) is 0.375. The number of urea groups is 1. The first-order chi connectivity index (χ1) is 11.0. The molecule has 1 aliphatic rings. The van der Waals surface area contributed by atoms with Crippen molar-refractivity contribution in [3.63, 3.8) is 0 Å². The molecule has 2 aromatic rings. The lowest BCUT2D eigenvalue weighted by molar-refractivity contribution is 0.262. The van der Waals surface area contributed by atoms with Crippen LogP contribution in [0.15, 0.2) is 18.2 Å². The van der Waals surface area contributed by atoms with Crippen LogP contribution in [0.4, 0.5) is 26.2 Å². The first kappa shape index (κ1) is 15.3. The van der Waals surface area contributed by atoms with Crippen LogP contribution in [-0.4, -0.2) is 29.3 Å². The largest absolute Gasteiger partial charge is 0.371 e. The zero-order valence-corrected chi connectivity index (χ0v) is 13.2. The van der Waals surface area contributed by atoms with Gasteiger partial charge in [-0.1, -0.05) is 0 Å². The SMILES string of the molecule is Cc1n[nH]c(C)c1NC(=O)Nc1cc(F)cc(N2CCCC2)c1. The topological polar surface area (TPSA) is 73.0 Å². The summed E-state index contributed by atoms with van der Waals surface area (Å²) in [5.74, 6) is -0.361. The molecule has 23 heavy (non-hydrogen) atoms. The van der Waals surface area contributed by atoms with Gasteiger partial charge in [0.05, 0.1) is 17.1 Å². The highest BCUT2D eigenvalue weighted by molar-refractivity contribution is 6.00. The number of H-pyrrole nitrogens is 1. The summed E-state index contributed by atoms with van der Waals surface area (Å²) in [5.41, 5.74) is 3.35. The molecule has 1 saturated heterocycles. The van der Waals surface area contributed by atoms with E-state index >= 15 is 0 Å². The molecule has 1 aromatic heterocycles. The van der Waals surface area contributed by atoms with E-state index in [1.54, 1.807) is 13.0 Å². The van der Waals surface area contributed by atoms with E-state index in [1.807, 2.05) is 6.92 Å². The molecule has 1 fully saturated rings. The number of halogens is 1. The molecular weight excluding hydrogens is 297 g/mol. The van der Waals surface area contributed by atoms with Gasteiger partial charge in [0, 0.05) is 24.5 Å². The lowest BCUT2D eigenvalue weighted by Gasteiger charge is -2.19. The number of nitrogens with one attached hydrogen (secondary N) is 3. The molecule has 1 aromatic carbocycles. The number of hydrogen-bond acceptors (Lipinski definition) is 3. The zero-order valence-electron chi connectivity index (χ0n) is 13.2. The van der Waals surface area contributed by atoms with Gasteiger partial charge in [-0.15, -0.1) is 0 Å². The third kappa shape index (κ3) is 3.44. The monoisotopic (exact) mass is 317 g/mol.